The third kappa shape index (κ3) is 1.49. The molecule has 0 bridgehead atoms. The molecular weight excluding hydrogens is 215 g/mol. The molecule has 0 saturated heterocycles. The quantitative estimate of drug-likeness (QED) is 0.755. The SMILES string of the molecule is Cc1ccc(F)c2nc3c(c(N)c12)CCCC3. The maximum absolute atomic E-state index is 13.8. The predicted molar refractivity (Wildman–Crippen MR) is 67.5 cm³/mol. The van der Waals surface area contributed by atoms with E-state index in [0.29, 0.717) is 5.52 Å². The smallest absolute Gasteiger partial charge is 0.149 e. The van der Waals surface area contributed by atoms with Crippen LogP contribution in [-0.4, -0.2) is 4.98 Å². The lowest BCUT2D eigenvalue weighted by molar-refractivity contribution is 0.632. The number of hydrogen-bond acceptors (Lipinski definition) is 2. The highest BCUT2D eigenvalue weighted by Crippen LogP contribution is 2.33. The average Bonchev–Trinajstić information content (AvgIpc) is 2.34. The van der Waals surface area contributed by atoms with Gasteiger partial charge in [0.15, 0.2) is 0 Å². The van der Waals surface area contributed by atoms with Crippen LogP contribution in [0, 0.1) is 12.7 Å². The predicted octanol–water partition coefficient (Wildman–Crippen LogP) is 3.14. The van der Waals surface area contributed by atoms with Crippen molar-refractivity contribution in [2.45, 2.75) is 32.6 Å². The fourth-order valence-corrected chi connectivity index (χ4v) is 2.70. The zero-order chi connectivity index (χ0) is 12.0. The minimum Gasteiger partial charge on any atom is -0.398 e. The second kappa shape index (κ2) is 3.69. The average molecular weight is 230 g/mol. The largest absolute Gasteiger partial charge is 0.398 e. The highest BCUT2D eigenvalue weighted by atomic mass is 19.1. The summed E-state index contributed by atoms with van der Waals surface area (Å²) in [4.78, 5) is 4.48. The van der Waals surface area contributed by atoms with Crippen LogP contribution in [0.15, 0.2) is 12.1 Å². The number of pyridine rings is 1. The van der Waals surface area contributed by atoms with Gasteiger partial charge in [0.25, 0.3) is 0 Å². The summed E-state index contributed by atoms with van der Waals surface area (Å²) in [5.41, 5.74) is 10.5. The Labute approximate surface area is 99.7 Å². The molecule has 0 spiro atoms. The van der Waals surface area contributed by atoms with Gasteiger partial charge in [-0.15, -0.1) is 0 Å². The van der Waals surface area contributed by atoms with E-state index in [1.807, 2.05) is 6.92 Å². The number of rotatable bonds is 0. The monoisotopic (exact) mass is 230 g/mol. The highest BCUT2D eigenvalue weighted by Gasteiger charge is 2.18. The minimum absolute atomic E-state index is 0.273. The molecule has 3 heteroatoms. The molecule has 2 N–H and O–H groups in total. The Hall–Kier alpha value is -1.64. The van der Waals surface area contributed by atoms with Crippen LogP contribution in [0.1, 0.15) is 29.7 Å². The van der Waals surface area contributed by atoms with E-state index < -0.39 is 0 Å². The summed E-state index contributed by atoms with van der Waals surface area (Å²) in [7, 11) is 0. The van der Waals surface area contributed by atoms with Crippen LogP contribution in [0.3, 0.4) is 0 Å². The number of halogens is 1. The van der Waals surface area contributed by atoms with Crippen molar-refractivity contribution in [2.75, 3.05) is 5.73 Å². The molecule has 2 nitrogen and oxygen atoms in total. The maximum atomic E-state index is 13.8. The van der Waals surface area contributed by atoms with E-state index in [4.69, 9.17) is 5.73 Å². The molecule has 88 valence electrons. The molecular formula is C14H15FN2. The summed E-state index contributed by atoms with van der Waals surface area (Å²) in [5, 5.41) is 0.797. The lowest BCUT2D eigenvalue weighted by atomic mass is 9.92. The van der Waals surface area contributed by atoms with Crippen molar-refractivity contribution in [2.24, 2.45) is 0 Å². The van der Waals surface area contributed by atoms with Crippen molar-refractivity contribution < 1.29 is 4.39 Å². The zero-order valence-corrected chi connectivity index (χ0v) is 9.89. The first kappa shape index (κ1) is 10.5. The Bertz CT molecular complexity index is 605. The molecule has 0 saturated carbocycles. The van der Waals surface area contributed by atoms with Gasteiger partial charge >= 0.3 is 0 Å². The molecule has 0 aliphatic heterocycles. The van der Waals surface area contributed by atoms with Gasteiger partial charge in [-0.25, -0.2) is 9.37 Å². The summed E-state index contributed by atoms with van der Waals surface area (Å²) in [6.45, 7) is 1.95. The number of benzene rings is 1. The van der Waals surface area contributed by atoms with Crippen LogP contribution >= 0.6 is 0 Å². The lowest BCUT2D eigenvalue weighted by Crippen LogP contribution is -2.10. The van der Waals surface area contributed by atoms with Crippen LogP contribution in [-0.2, 0) is 12.8 Å². The molecule has 1 aromatic heterocycles. The molecule has 2 aromatic rings. The van der Waals surface area contributed by atoms with Crippen molar-refractivity contribution >= 4 is 16.6 Å². The van der Waals surface area contributed by atoms with Crippen molar-refractivity contribution in [1.29, 1.82) is 0 Å². The topological polar surface area (TPSA) is 38.9 Å². The van der Waals surface area contributed by atoms with Gasteiger partial charge in [-0.3, -0.25) is 0 Å². The number of anilines is 1. The fourth-order valence-electron chi connectivity index (χ4n) is 2.70. The summed E-state index contributed by atoms with van der Waals surface area (Å²) in [6, 6.07) is 3.24. The molecule has 1 aromatic carbocycles. The highest BCUT2D eigenvalue weighted by molar-refractivity contribution is 5.95. The normalized spacial score (nSPS) is 14.9. The van der Waals surface area contributed by atoms with Crippen molar-refractivity contribution in [3.63, 3.8) is 0 Å². The first-order valence-corrected chi connectivity index (χ1v) is 6.04. The lowest BCUT2D eigenvalue weighted by Gasteiger charge is -2.19. The van der Waals surface area contributed by atoms with E-state index in [2.05, 4.69) is 4.98 Å². The minimum atomic E-state index is -0.273. The van der Waals surface area contributed by atoms with E-state index in [1.54, 1.807) is 6.07 Å². The van der Waals surface area contributed by atoms with Gasteiger partial charge in [0, 0.05) is 16.8 Å². The zero-order valence-electron chi connectivity index (χ0n) is 9.89. The van der Waals surface area contributed by atoms with Crippen LogP contribution in [0.25, 0.3) is 10.9 Å². The van der Waals surface area contributed by atoms with Gasteiger partial charge in [0.2, 0.25) is 0 Å². The van der Waals surface area contributed by atoms with Crippen molar-refractivity contribution in [3.05, 3.63) is 34.8 Å². The number of nitrogen functional groups attached to an aromatic ring is 1. The van der Waals surface area contributed by atoms with Gasteiger partial charge in [-0.1, -0.05) is 6.07 Å². The molecule has 0 atom stereocenters. The first-order valence-electron chi connectivity index (χ1n) is 6.04. The fraction of sp³-hybridized carbons (Fsp3) is 0.357. The first-order chi connectivity index (χ1) is 8.18. The van der Waals surface area contributed by atoms with Crippen LogP contribution in [0.5, 0.6) is 0 Å². The van der Waals surface area contributed by atoms with Gasteiger partial charge in [-0.05, 0) is 49.8 Å². The number of aromatic nitrogens is 1. The van der Waals surface area contributed by atoms with E-state index in [0.717, 1.165) is 53.6 Å². The summed E-state index contributed by atoms with van der Waals surface area (Å²) < 4.78 is 13.8. The maximum Gasteiger partial charge on any atom is 0.149 e. The Morgan fingerprint density at radius 2 is 2.00 bits per heavy atom. The molecule has 1 aliphatic carbocycles. The second-order valence-electron chi connectivity index (χ2n) is 4.75. The van der Waals surface area contributed by atoms with Crippen LogP contribution < -0.4 is 5.73 Å². The van der Waals surface area contributed by atoms with E-state index in [-0.39, 0.29) is 5.82 Å². The van der Waals surface area contributed by atoms with Gasteiger partial charge in [0.05, 0.1) is 0 Å². The molecule has 1 aliphatic rings. The van der Waals surface area contributed by atoms with Gasteiger partial charge in [0.1, 0.15) is 11.3 Å². The second-order valence-corrected chi connectivity index (χ2v) is 4.75. The van der Waals surface area contributed by atoms with E-state index in [9.17, 15) is 4.39 Å². The standard InChI is InChI=1S/C14H15FN2/c1-8-6-7-10(15)14-12(8)13(16)9-4-2-3-5-11(9)17-14/h6-7H,2-5H2,1H3,(H2,16,17). The van der Waals surface area contributed by atoms with Crippen molar-refractivity contribution in [1.82, 2.24) is 4.98 Å². The van der Waals surface area contributed by atoms with Crippen LogP contribution in [0.2, 0.25) is 0 Å². The third-order valence-electron chi connectivity index (χ3n) is 3.62. The van der Waals surface area contributed by atoms with Crippen LogP contribution in [0.4, 0.5) is 10.1 Å². The Kier molecular flexibility index (Phi) is 2.28. The number of nitrogens with zero attached hydrogens (tertiary/aromatic N) is 1. The summed E-state index contributed by atoms with van der Waals surface area (Å²) in [6.07, 6.45) is 4.17. The Morgan fingerprint density at radius 3 is 2.82 bits per heavy atom. The van der Waals surface area contributed by atoms with Gasteiger partial charge < -0.3 is 5.73 Å². The molecule has 17 heavy (non-hydrogen) atoms. The third-order valence-corrected chi connectivity index (χ3v) is 3.62. The Morgan fingerprint density at radius 1 is 1.24 bits per heavy atom. The molecule has 3 rings (SSSR count). The molecule has 0 unspecified atom stereocenters. The summed E-state index contributed by atoms with van der Waals surface area (Å²) >= 11 is 0. The van der Waals surface area contributed by atoms with Gasteiger partial charge in [-0.2, -0.15) is 0 Å². The Balaban J connectivity index is 2.44. The summed E-state index contributed by atoms with van der Waals surface area (Å²) in [5.74, 6) is -0.273. The van der Waals surface area contributed by atoms with E-state index >= 15 is 0 Å². The molecule has 0 radical (unpaired) electrons. The number of fused-ring (bicyclic) bond motifs is 2. The van der Waals surface area contributed by atoms with Crippen molar-refractivity contribution in [3.8, 4) is 0 Å². The molecule has 1 heterocycles. The molecule has 0 fully saturated rings. The number of nitrogens with two attached hydrogens (primary N) is 1. The number of aryl methyl sites for hydroxylation is 2. The number of hydrogen-bond donors (Lipinski definition) is 1. The van der Waals surface area contributed by atoms with E-state index in [1.165, 1.54) is 6.07 Å². The molecule has 0 amide bonds.